The fourth-order valence-electron chi connectivity index (χ4n) is 2.10. The standard InChI is InChI=1S/C9H13NO6S/c11-7-5-9(16-10(7)6-8(12)13)1-3-17(14,15)4-2-9/h1-6H2,(H,12,13). The molecule has 8 heteroatoms. The summed E-state index contributed by atoms with van der Waals surface area (Å²) in [6.07, 6.45) is 0.560. The fraction of sp³-hybridized carbons (Fsp3) is 0.778. The van der Waals surface area contributed by atoms with Gasteiger partial charge in [0.1, 0.15) is 12.1 Å². The molecule has 2 aliphatic rings. The van der Waals surface area contributed by atoms with Crippen molar-refractivity contribution in [1.82, 2.24) is 5.06 Å². The van der Waals surface area contributed by atoms with Gasteiger partial charge in [0.15, 0.2) is 9.84 Å². The number of amides is 1. The number of aliphatic carboxylic acids is 1. The van der Waals surface area contributed by atoms with Crippen molar-refractivity contribution in [2.24, 2.45) is 0 Å². The van der Waals surface area contributed by atoms with Gasteiger partial charge in [-0.15, -0.1) is 0 Å². The van der Waals surface area contributed by atoms with Gasteiger partial charge in [0.2, 0.25) is 5.91 Å². The lowest BCUT2D eigenvalue weighted by molar-refractivity contribution is -0.205. The molecule has 2 aliphatic heterocycles. The van der Waals surface area contributed by atoms with Crippen LogP contribution in [0.4, 0.5) is 0 Å². The number of sulfone groups is 1. The van der Waals surface area contributed by atoms with Gasteiger partial charge < -0.3 is 5.11 Å². The molecule has 0 aromatic carbocycles. The molecule has 0 saturated carbocycles. The Morgan fingerprint density at radius 1 is 1.41 bits per heavy atom. The Morgan fingerprint density at radius 3 is 2.53 bits per heavy atom. The van der Waals surface area contributed by atoms with E-state index in [-0.39, 0.29) is 30.8 Å². The Bertz CT molecular complexity index is 442. The first-order valence-electron chi connectivity index (χ1n) is 5.24. The van der Waals surface area contributed by atoms with Gasteiger partial charge in [-0.05, 0) is 12.8 Å². The second kappa shape index (κ2) is 3.95. The maximum Gasteiger partial charge on any atom is 0.325 e. The zero-order valence-electron chi connectivity index (χ0n) is 9.09. The van der Waals surface area contributed by atoms with Crippen molar-refractivity contribution in [3.8, 4) is 0 Å². The van der Waals surface area contributed by atoms with E-state index in [1.54, 1.807) is 0 Å². The average Bonchev–Trinajstić information content (AvgIpc) is 2.49. The Hall–Kier alpha value is -1.15. The highest BCUT2D eigenvalue weighted by atomic mass is 32.2. The van der Waals surface area contributed by atoms with Crippen LogP contribution < -0.4 is 0 Å². The summed E-state index contributed by atoms with van der Waals surface area (Å²) in [5.41, 5.74) is -0.808. The molecule has 0 bridgehead atoms. The highest BCUT2D eigenvalue weighted by molar-refractivity contribution is 7.91. The molecule has 0 atom stereocenters. The predicted octanol–water partition coefficient (Wildman–Crippen LogP) is -0.818. The van der Waals surface area contributed by atoms with E-state index in [1.807, 2.05) is 0 Å². The van der Waals surface area contributed by atoms with Gasteiger partial charge in [0, 0.05) is 0 Å². The normalized spacial score (nSPS) is 26.4. The minimum Gasteiger partial charge on any atom is -0.480 e. The lowest BCUT2D eigenvalue weighted by Crippen LogP contribution is -2.40. The first-order valence-corrected chi connectivity index (χ1v) is 7.06. The van der Waals surface area contributed by atoms with Crippen LogP contribution in [0.25, 0.3) is 0 Å². The first kappa shape index (κ1) is 12.3. The number of rotatable bonds is 2. The summed E-state index contributed by atoms with van der Waals surface area (Å²) in [5.74, 6) is -1.58. The number of carboxylic acids is 1. The SMILES string of the molecule is O=C(O)CN1OC2(CCS(=O)(=O)CC2)CC1=O. The Kier molecular flexibility index (Phi) is 2.86. The summed E-state index contributed by atoms with van der Waals surface area (Å²) in [6.45, 7) is -0.507. The number of hydrogen-bond donors (Lipinski definition) is 1. The molecule has 0 radical (unpaired) electrons. The van der Waals surface area contributed by atoms with Gasteiger partial charge in [-0.25, -0.2) is 13.5 Å². The molecule has 2 heterocycles. The molecule has 96 valence electrons. The third-order valence-corrected chi connectivity index (χ3v) is 4.72. The zero-order valence-corrected chi connectivity index (χ0v) is 9.90. The van der Waals surface area contributed by atoms with Crippen LogP contribution in [0, 0.1) is 0 Å². The van der Waals surface area contributed by atoms with Crippen LogP contribution in [0.15, 0.2) is 0 Å². The van der Waals surface area contributed by atoms with Gasteiger partial charge >= 0.3 is 5.97 Å². The number of hydroxylamine groups is 2. The van der Waals surface area contributed by atoms with Crippen molar-refractivity contribution < 1.29 is 28.0 Å². The third kappa shape index (κ3) is 2.58. The van der Waals surface area contributed by atoms with E-state index >= 15 is 0 Å². The lowest BCUT2D eigenvalue weighted by Gasteiger charge is -2.31. The van der Waals surface area contributed by atoms with Crippen molar-refractivity contribution in [1.29, 1.82) is 0 Å². The molecule has 2 rings (SSSR count). The number of hydrogen-bond acceptors (Lipinski definition) is 5. The number of carbonyl (C=O) groups excluding carboxylic acids is 1. The highest BCUT2D eigenvalue weighted by Crippen LogP contribution is 2.37. The van der Waals surface area contributed by atoms with Crippen molar-refractivity contribution in [3.63, 3.8) is 0 Å². The summed E-state index contributed by atoms with van der Waals surface area (Å²) < 4.78 is 22.6. The Morgan fingerprint density at radius 2 is 2.00 bits per heavy atom. The van der Waals surface area contributed by atoms with E-state index in [9.17, 15) is 18.0 Å². The van der Waals surface area contributed by atoms with Crippen LogP contribution in [0.2, 0.25) is 0 Å². The largest absolute Gasteiger partial charge is 0.480 e. The van der Waals surface area contributed by atoms with Crippen LogP contribution in [0.5, 0.6) is 0 Å². The monoisotopic (exact) mass is 263 g/mol. The fourth-order valence-corrected chi connectivity index (χ4v) is 3.67. The number of carboxylic acid groups (broad SMARTS) is 1. The van der Waals surface area contributed by atoms with Crippen LogP contribution in [0.3, 0.4) is 0 Å². The summed E-state index contributed by atoms with van der Waals surface area (Å²) in [6, 6.07) is 0. The Balaban J connectivity index is 2.06. The maximum atomic E-state index is 11.5. The van der Waals surface area contributed by atoms with E-state index in [0.29, 0.717) is 0 Å². The van der Waals surface area contributed by atoms with E-state index in [1.165, 1.54) is 0 Å². The van der Waals surface area contributed by atoms with Crippen LogP contribution >= 0.6 is 0 Å². The van der Waals surface area contributed by atoms with Crippen LogP contribution in [-0.2, 0) is 24.3 Å². The van der Waals surface area contributed by atoms with Crippen LogP contribution in [-0.4, -0.2) is 54.1 Å². The smallest absolute Gasteiger partial charge is 0.325 e. The van der Waals surface area contributed by atoms with Gasteiger partial charge in [-0.1, -0.05) is 0 Å². The summed E-state index contributed by atoms with van der Waals surface area (Å²) in [4.78, 5) is 27.4. The maximum absolute atomic E-state index is 11.5. The number of nitrogens with zero attached hydrogens (tertiary/aromatic N) is 1. The van der Waals surface area contributed by atoms with Gasteiger partial charge in [0.25, 0.3) is 0 Å². The summed E-state index contributed by atoms with van der Waals surface area (Å²) >= 11 is 0. The average molecular weight is 263 g/mol. The number of carbonyl (C=O) groups is 2. The minimum atomic E-state index is -3.03. The molecular weight excluding hydrogens is 250 g/mol. The van der Waals surface area contributed by atoms with Crippen molar-refractivity contribution in [3.05, 3.63) is 0 Å². The van der Waals surface area contributed by atoms with Gasteiger partial charge in [-0.3, -0.25) is 14.4 Å². The predicted molar refractivity (Wildman–Crippen MR) is 55.7 cm³/mol. The molecule has 7 nitrogen and oxygen atoms in total. The molecule has 2 saturated heterocycles. The second-order valence-corrected chi connectivity index (χ2v) is 6.73. The summed E-state index contributed by atoms with van der Waals surface area (Å²) in [7, 11) is -3.03. The molecule has 2 fully saturated rings. The molecule has 0 aliphatic carbocycles. The van der Waals surface area contributed by atoms with Crippen molar-refractivity contribution >= 4 is 21.7 Å². The van der Waals surface area contributed by atoms with Crippen LogP contribution in [0.1, 0.15) is 19.3 Å². The van der Waals surface area contributed by atoms with E-state index in [0.717, 1.165) is 5.06 Å². The topological polar surface area (TPSA) is 101 Å². The minimum absolute atomic E-state index is 0.0127. The van der Waals surface area contributed by atoms with Gasteiger partial charge in [-0.2, -0.15) is 0 Å². The quantitative estimate of drug-likeness (QED) is 0.698. The summed E-state index contributed by atoms with van der Waals surface area (Å²) in [5, 5.41) is 9.41. The lowest BCUT2D eigenvalue weighted by atomic mass is 9.93. The molecule has 1 N–H and O–H groups in total. The van der Waals surface area contributed by atoms with Crippen molar-refractivity contribution in [2.45, 2.75) is 24.9 Å². The Labute approximate surface area is 98.2 Å². The molecule has 1 amide bonds. The highest BCUT2D eigenvalue weighted by Gasteiger charge is 2.48. The first-order chi connectivity index (χ1) is 7.82. The van der Waals surface area contributed by atoms with Gasteiger partial charge in [0.05, 0.1) is 17.9 Å². The molecule has 0 unspecified atom stereocenters. The zero-order chi connectivity index (χ0) is 12.7. The van der Waals surface area contributed by atoms with E-state index < -0.39 is 33.9 Å². The van der Waals surface area contributed by atoms with E-state index in [2.05, 4.69) is 0 Å². The molecule has 1 spiro atoms. The molecule has 17 heavy (non-hydrogen) atoms. The second-order valence-electron chi connectivity index (χ2n) is 4.43. The van der Waals surface area contributed by atoms with E-state index in [4.69, 9.17) is 9.94 Å². The molecule has 0 aromatic heterocycles. The molecule has 0 aromatic rings. The third-order valence-electron chi connectivity index (χ3n) is 3.07. The van der Waals surface area contributed by atoms with Crippen molar-refractivity contribution in [2.75, 3.05) is 18.1 Å². The molecular formula is C9H13NO6S.